The van der Waals surface area contributed by atoms with E-state index in [0.29, 0.717) is 11.3 Å². The summed E-state index contributed by atoms with van der Waals surface area (Å²) in [4.78, 5) is 12.9. The van der Waals surface area contributed by atoms with E-state index in [9.17, 15) is 4.79 Å². The lowest BCUT2D eigenvalue weighted by Gasteiger charge is -2.06. The van der Waals surface area contributed by atoms with Gasteiger partial charge < -0.3 is 4.42 Å². The number of carbonyl (C=O) groups excluding carboxylic acids is 1. The number of amides is 1. The van der Waals surface area contributed by atoms with Crippen LogP contribution < -0.4 is 5.32 Å². The highest BCUT2D eigenvalue weighted by molar-refractivity contribution is 6.07. The second-order valence-electron chi connectivity index (χ2n) is 7.25. The fourth-order valence-corrected chi connectivity index (χ4v) is 3.61. The van der Waals surface area contributed by atoms with E-state index in [1.807, 2.05) is 58.9 Å². The Balaban J connectivity index is 1.72. The predicted octanol–water partition coefficient (Wildman–Crippen LogP) is 5.28. The van der Waals surface area contributed by atoms with Crippen LogP contribution in [0.2, 0.25) is 0 Å². The Morgan fingerprint density at radius 3 is 2.50 bits per heavy atom. The van der Waals surface area contributed by atoms with Crippen molar-refractivity contribution < 1.29 is 13.8 Å². The van der Waals surface area contributed by atoms with E-state index in [1.54, 1.807) is 0 Å². The minimum atomic E-state index is -0.381. The molecule has 4 rings (SSSR count). The van der Waals surface area contributed by atoms with E-state index in [0.717, 1.165) is 38.8 Å². The van der Waals surface area contributed by atoms with Crippen molar-refractivity contribution in [3.05, 3.63) is 63.9 Å². The van der Waals surface area contributed by atoms with Crippen molar-refractivity contribution in [3.63, 3.8) is 0 Å². The van der Waals surface area contributed by atoms with Crippen molar-refractivity contribution in [1.82, 2.24) is 10.3 Å². The third-order valence-electron chi connectivity index (χ3n) is 4.95. The molecule has 0 unspecified atom stereocenters. The molecule has 0 saturated heterocycles. The van der Waals surface area contributed by atoms with E-state index < -0.39 is 0 Å². The number of furan rings is 1. The third-order valence-corrected chi connectivity index (χ3v) is 4.95. The summed E-state index contributed by atoms with van der Waals surface area (Å²) in [5, 5.41) is 11.6. The predicted molar refractivity (Wildman–Crippen MR) is 108 cm³/mol. The van der Waals surface area contributed by atoms with Gasteiger partial charge >= 0.3 is 0 Å². The van der Waals surface area contributed by atoms with Gasteiger partial charge in [0.1, 0.15) is 5.58 Å². The molecule has 28 heavy (non-hydrogen) atoms. The maximum atomic E-state index is 12.9. The second-order valence-corrected chi connectivity index (χ2v) is 7.25. The van der Waals surface area contributed by atoms with Crippen LogP contribution in [0.4, 0.5) is 5.82 Å². The highest BCUT2D eigenvalue weighted by Gasteiger charge is 2.23. The van der Waals surface area contributed by atoms with E-state index in [-0.39, 0.29) is 17.5 Å². The Kier molecular flexibility index (Phi) is 4.26. The summed E-state index contributed by atoms with van der Waals surface area (Å²) in [5.41, 5.74) is 7.13. The molecule has 4 aromatic rings. The quantitative estimate of drug-likeness (QED) is 0.527. The number of nitrogens with one attached hydrogen (secondary N) is 1. The number of nitrogens with zero attached hydrogens (tertiary/aromatic N) is 2. The first-order chi connectivity index (χ1) is 13.3. The molecule has 2 aromatic carbocycles. The van der Waals surface area contributed by atoms with Gasteiger partial charge in [0.15, 0.2) is 11.5 Å². The van der Waals surface area contributed by atoms with Crippen molar-refractivity contribution in [1.29, 1.82) is 0 Å². The van der Waals surface area contributed by atoms with Crippen LogP contribution in [0, 0.1) is 34.6 Å². The smallest absolute Gasteiger partial charge is 0.292 e. The Hall–Kier alpha value is -3.41. The molecule has 0 aliphatic carbocycles. The molecule has 0 radical (unpaired) electrons. The highest BCUT2D eigenvalue weighted by Crippen LogP contribution is 2.32. The Labute approximate surface area is 162 Å². The molecular formula is C22H21N3O3. The van der Waals surface area contributed by atoms with Crippen LogP contribution in [0.15, 0.2) is 39.4 Å². The molecule has 1 N–H and O–H groups in total. The number of carbonyl (C=O) groups is 1. The minimum absolute atomic E-state index is 0.263. The highest BCUT2D eigenvalue weighted by atomic mass is 16.6. The normalized spacial score (nSPS) is 11.2. The summed E-state index contributed by atoms with van der Waals surface area (Å²) in [7, 11) is 0. The molecule has 1 amide bonds. The van der Waals surface area contributed by atoms with Crippen LogP contribution in [-0.4, -0.2) is 16.2 Å². The molecule has 142 valence electrons. The Morgan fingerprint density at radius 1 is 0.929 bits per heavy atom. The Morgan fingerprint density at radius 2 is 1.71 bits per heavy atom. The van der Waals surface area contributed by atoms with Crippen molar-refractivity contribution in [2.45, 2.75) is 34.6 Å². The number of aryl methyl sites for hydroxylation is 5. The van der Waals surface area contributed by atoms with Gasteiger partial charge in [-0.25, -0.2) is 4.63 Å². The molecule has 2 heterocycles. The summed E-state index contributed by atoms with van der Waals surface area (Å²) in [6.45, 7) is 9.87. The van der Waals surface area contributed by atoms with Gasteiger partial charge in [-0.3, -0.25) is 10.1 Å². The molecule has 0 fully saturated rings. The Bertz CT molecular complexity index is 1220. The third kappa shape index (κ3) is 2.97. The molecule has 0 aliphatic heterocycles. The number of hydrogen-bond acceptors (Lipinski definition) is 5. The lowest BCUT2D eigenvalue weighted by atomic mass is 10.0. The van der Waals surface area contributed by atoms with Gasteiger partial charge in [0, 0.05) is 16.5 Å². The number of benzene rings is 2. The topological polar surface area (TPSA) is 81.2 Å². The molecule has 0 aliphatic rings. The van der Waals surface area contributed by atoms with Gasteiger partial charge in [0.05, 0.1) is 0 Å². The summed E-state index contributed by atoms with van der Waals surface area (Å²) in [6, 6.07) is 10.0. The number of aromatic nitrogens is 2. The van der Waals surface area contributed by atoms with Crippen LogP contribution in [-0.2, 0) is 0 Å². The first-order valence-electron chi connectivity index (χ1n) is 9.07. The molecule has 0 saturated carbocycles. The zero-order chi connectivity index (χ0) is 20.0. The molecule has 0 atom stereocenters. The van der Waals surface area contributed by atoms with Crippen molar-refractivity contribution in [2.24, 2.45) is 0 Å². The maximum absolute atomic E-state index is 12.9. The minimum Gasteiger partial charge on any atom is -0.451 e. The second kappa shape index (κ2) is 6.64. The molecular weight excluding hydrogens is 354 g/mol. The maximum Gasteiger partial charge on any atom is 0.292 e. The molecule has 2 aromatic heterocycles. The average molecular weight is 375 g/mol. The van der Waals surface area contributed by atoms with Crippen molar-refractivity contribution >= 4 is 22.7 Å². The first-order valence-corrected chi connectivity index (χ1v) is 9.07. The summed E-state index contributed by atoms with van der Waals surface area (Å²) >= 11 is 0. The molecule has 6 heteroatoms. The largest absolute Gasteiger partial charge is 0.451 e. The van der Waals surface area contributed by atoms with Gasteiger partial charge in [-0.15, -0.1) is 0 Å². The summed E-state index contributed by atoms with van der Waals surface area (Å²) in [6.07, 6.45) is 0. The number of anilines is 1. The molecule has 6 nitrogen and oxygen atoms in total. The number of hydrogen-bond donors (Lipinski definition) is 1. The van der Waals surface area contributed by atoms with Gasteiger partial charge in [-0.1, -0.05) is 23.8 Å². The first kappa shape index (κ1) is 18.0. The monoisotopic (exact) mass is 375 g/mol. The van der Waals surface area contributed by atoms with Gasteiger partial charge in [-0.05, 0) is 73.8 Å². The number of fused-ring (bicyclic) bond motifs is 1. The van der Waals surface area contributed by atoms with Crippen molar-refractivity contribution in [3.8, 4) is 11.3 Å². The fraction of sp³-hybridized carbons (Fsp3) is 0.227. The van der Waals surface area contributed by atoms with Crippen molar-refractivity contribution in [2.75, 3.05) is 5.32 Å². The van der Waals surface area contributed by atoms with Gasteiger partial charge in [-0.2, -0.15) is 0 Å². The fourth-order valence-electron chi connectivity index (χ4n) is 3.61. The van der Waals surface area contributed by atoms with E-state index in [1.165, 1.54) is 0 Å². The van der Waals surface area contributed by atoms with E-state index >= 15 is 0 Å². The van der Waals surface area contributed by atoms with Crippen LogP contribution in [0.3, 0.4) is 0 Å². The lowest BCUT2D eigenvalue weighted by molar-refractivity contribution is 0.0997. The number of rotatable bonds is 3. The molecule has 0 bridgehead atoms. The zero-order valence-electron chi connectivity index (χ0n) is 16.5. The standard InChI is InChI=1S/C22H21N3O3/c1-11-6-7-13(3)16(9-11)19-21(25-28-24-19)23-22(26)20-15(5)18-14(4)8-12(2)10-17(18)27-20/h6-10H,1-5H3,(H,23,25,26). The van der Waals surface area contributed by atoms with Gasteiger partial charge in [0.2, 0.25) is 5.82 Å². The van der Waals surface area contributed by atoms with Crippen LogP contribution in [0.25, 0.3) is 22.2 Å². The van der Waals surface area contributed by atoms with Crippen LogP contribution in [0.1, 0.15) is 38.4 Å². The van der Waals surface area contributed by atoms with E-state index in [4.69, 9.17) is 9.05 Å². The summed E-state index contributed by atoms with van der Waals surface area (Å²) < 4.78 is 10.8. The van der Waals surface area contributed by atoms with Crippen LogP contribution in [0.5, 0.6) is 0 Å². The lowest BCUT2D eigenvalue weighted by Crippen LogP contribution is -2.13. The average Bonchev–Trinajstić information content (AvgIpc) is 3.21. The van der Waals surface area contributed by atoms with E-state index in [2.05, 4.69) is 21.7 Å². The molecule has 0 spiro atoms. The van der Waals surface area contributed by atoms with Gasteiger partial charge in [0.25, 0.3) is 5.91 Å². The summed E-state index contributed by atoms with van der Waals surface area (Å²) in [5.74, 6) is 0.151. The zero-order valence-corrected chi connectivity index (χ0v) is 16.5. The van der Waals surface area contributed by atoms with Crippen LogP contribution >= 0.6 is 0 Å². The SMILES string of the molecule is Cc1ccc(C)c(-c2nonc2NC(=O)c2oc3cc(C)cc(C)c3c2C)c1.